The summed E-state index contributed by atoms with van der Waals surface area (Å²) < 4.78 is 40.6. The minimum absolute atomic E-state index is 0.0639. The standard InChI is InChI=1S/C15H17F2NO4S/c1-14(2)21-12(19)15(17,13(20)22-14)8-7-11(18-23)9-5-3-4-6-10(9)16/h3-6,11,18,23H,7-8H2,1-2H3. The van der Waals surface area contributed by atoms with Gasteiger partial charge in [0.25, 0.3) is 5.79 Å². The van der Waals surface area contributed by atoms with Gasteiger partial charge in [0.15, 0.2) is 0 Å². The van der Waals surface area contributed by atoms with Gasteiger partial charge in [0.05, 0.1) is 0 Å². The zero-order valence-corrected chi connectivity index (χ0v) is 13.5. The quantitative estimate of drug-likeness (QED) is 0.488. The van der Waals surface area contributed by atoms with Crippen LogP contribution in [0.25, 0.3) is 0 Å². The van der Waals surface area contributed by atoms with E-state index in [0.717, 1.165) is 0 Å². The fraction of sp³-hybridized carbons (Fsp3) is 0.467. The van der Waals surface area contributed by atoms with Gasteiger partial charge in [0.1, 0.15) is 5.82 Å². The molecule has 1 unspecified atom stereocenters. The van der Waals surface area contributed by atoms with Crippen molar-refractivity contribution in [1.29, 1.82) is 0 Å². The molecule has 1 aliphatic rings. The Bertz CT molecular complexity index is 603. The summed E-state index contributed by atoms with van der Waals surface area (Å²) in [5.74, 6) is -4.60. The second-order valence-electron chi connectivity index (χ2n) is 5.72. The van der Waals surface area contributed by atoms with E-state index < -0.39 is 41.7 Å². The molecule has 0 saturated carbocycles. The van der Waals surface area contributed by atoms with E-state index in [4.69, 9.17) is 9.47 Å². The first-order chi connectivity index (χ1) is 10.7. The summed E-state index contributed by atoms with van der Waals surface area (Å²) in [6, 6.07) is 5.21. The Kier molecular flexibility index (Phi) is 4.95. The summed E-state index contributed by atoms with van der Waals surface area (Å²) in [6.45, 7) is 2.67. The number of esters is 2. The molecule has 0 bridgehead atoms. The molecule has 1 saturated heterocycles. The lowest BCUT2D eigenvalue weighted by atomic mass is 9.93. The molecule has 1 heterocycles. The highest BCUT2D eigenvalue weighted by Gasteiger charge is 2.57. The van der Waals surface area contributed by atoms with Gasteiger partial charge < -0.3 is 9.47 Å². The molecule has 1 N–H and O–H groups in total. The lowest BCUT2D eigenvalue weighted by Gasteiger charge is -2.36. The van der Waals surface area contributed by atoms with E-state index in [1.807, 2.05) is 0 Å². The van der Waals surface area contributed by atoms with Crippen LogP contribution in [0, 0.1) is 5.82 Å². The van der Waals surface area contributed by atoms with Crippen LogP contribution < -0.4 is 4.72 Å². The molecule has 1 aromatic carbocycles. The molecule has 0 spiro atoms. The van der Waals surface area contributed by atoms with Gasteiger partial charge in [0, 0.05) is 31.9 Å². The second kappa shape index (κ2) is 6.45. The lowest BCUT2D eigenvalue weighted by molar-refractivity contribution is -0.253. The van der Waals surface area contributed by atoms with Gasteiger partial charge in [-0.25, -0.2) is 18.4 Å². The predicted octanol–water partition coefficient (Wildman–Crippen LogP) is 2.63. The molecule has 2 rings (SSSR count). The number of hydrogen-bond acceptors (Lipinski definition) is 6. The molecule has 8 heteroatoms. The average molecular weight is 345 g/mol. The van der Waals surface area contributed by atoms with E-state index in [0.29, 0.717) is 0 Å². The molecule has 0 amide bonds. The number of ether oxygens (including phenoxy) is 2. The van der Waals surface area contributed by atoms with Crippen LogP contribution in [0.2, 0.25) is 0 Å². The molecular formula is C15H17F2NO4S. The SMILES string of the molecule is CC1(C)OC(=O)C(F)(CCC(NS)c2ccccc2F)C(=O)O1. The number of hydrogen-bond donors (Lipinski definition) is 2. The molecule has 0 aliphatic carbocycles. The van der Waals surface area contributed by atoms with E-state index in [9.17, 15) is 18.4 Å². The third-order valence-electron chi connectivity index (χ3n) is 3.54. The second-order valence-corrected chi connectivity index (χ2v) is 5.98. The number of thiol groups is 1. The summed E-state index contributed by atoms with van der Waals surface area (Å²) >= 11 is 3.90. The van der Waals surface area contributed by atoms with Crippen molar-refractivity contribution in [1.82, 2.24) is 4.72 Å². The van der Waals surface area contributed by atoms with Crippen molar-refractivity contribution < 1.29 is 27.8 Å². The minimum atomic E-state index is -2.91. The maximum atomic E-state index is 14.7. The van der Waals surface area contributed by atoms with Crippen molar-refractivity contribution in [3.8, 4) is 0 Å². The van der Waals surface area contributed by atoms with Crippen LogP contribution in [-0.2, 0) is 19.1 Å². The van der Waals surface area contributed by atoms with Crippen molar-refractivity contribution in [3.05, 3.63) is 35.6 Å². The Morgan fingerprint density at radius 2 is 1.78 bits per heavy atom. The molecule has 1 fully saturated rings. The van der Waals surface area contributed by atoms with Crippen LogP contribution in [0.1, 0.15) is 38.3 Å². The van der Waals surface area contributed by atoms with E-state index in [-0.39, 0.29) is 12.0 Å². The van der Waals surface area contributed by atoms with Crippen LogP contribution in [0.3, 0.4) is 0 Å². The van der Waals surface area contributed by atoms with Crippen LogP contribution in [0.15, 0.2) is 24.3 Å². The van der Waals surface area contributed by atoms with Crippen molar-refractivity contribution in [3.63, 3.8) is 0 Å². The summed E-state index contributed by atoms with van der Waals surface area (Å²) in [6.07, 6.45) is -0.584. The first-order valence-electron chi connectivity index (χ1n) is 6.99. The maximum Gasteiger partial charge on any atom is 0.359 e. The number of alkyl halides is 1. The van der Waals surface area contributed by atoms with E-state index in [1.54, 1.807) is 6.07 Å². The fourth-order valence-corrected chi connectivity index (χ4v) is 2.58. The highest BCUT2D eigenvalue weighted by molar-refractivity contribution is 7.78. The first kappa shape index (κ1) is 17.7. The van der Waals surface area contributed by atoms with Crippen molar-refractivity contribution in [2.45, 2.75) is 44.2 Å². The smallest absolute Gasteiger partial charge is 0.359 e. The number of carbonyl (C=O) groups excluding carboxylic acids is 2. The predicted molar refractivity (Wildman–Crippen MR) is 80.6 cm³/mol. The summed E-state index contributed by atoms with van der Waals surface area (Å²) in [5, 5.41) is 0. The number of nitrogens with one attached hydrogen (secondary N) is 1. The topological polar surface area (TPSA) is 64.6 Å². The van der Waals surface area contributed by atoms with E-state index in [2.05, 4.69) is 17.5 Å². The van der Waals surface area contributed by atoms with Gasteiger partial charge >= 0.3 is 17.6 Å². The monoisotopic (exact) mass is 345 g/mol. The lowest BCUT2D eigenvalue weighted by Crippen LogP contribution is -2.56. The Morgan fingerprint density at radius 3 is 2.30 bits per heavy atom. The van der Waals surface area contributed by atoms with Crippen LogP contribution in [0.5, 0.6) is 0 Å². The highest BCUT2D eigenvalue weighted by atomic mass is 32.1. The third-order valence-corrected chi connectivity index (χ3v) is 3.85. The van der Waals surface area contributed by atoms with Gasteiger partial charge in [-0.05, 0) is 12.5 Å². The van der Waals surface area contributed by atoms with Gasteiger partial charge in [-0.1, -0.05) is 31.0 Å². The molecule has 1 aliphatic heterocycles. The van der Waals surface area contributed by atoms with Crippen LogP contribution >= 0.6 is 12.8 Å². The Balaban J connectivity index is 2.13. The zero-order chi connectivity index (χ0) is 17.3. The van der Waals surface area contributed by atoms with Gasteiger partial charge in [-0.2, -0.15) is 0 Å². The summed E-state index contributed by atoms with van der Waals surface area (Å²) in [5.41, 5.74) is -2.66. The molecule has 1 aromatic rings. The Hall–Kier alpha value is -1.67. The van der Waals surface area contributed by atoms with Gasteiger partial charge in [-0.15, -0.1) is 0 Å². The van der Waals surface area contributed by atoms with Crippen LogP contribution in [0.4, 0.5) is 8.78 Å². The van der Waals surface area contributed by atoms with E-state index >= 15 is 0 Å². The van der Waals surface area contributed by atoms with Crippen molar-refractivity contribution >= 4 is 24.8 Å². The molecule has 5 nitrogen and oxygen atoms in total. The zero-order valence-electron chi connectivity index (χ0n) is 12.6. The number of cyclic esters (lactones) is 2. The van der Waals surface area contributed by atoms with Crippen LogP contribution in [-0.4, -0.2) is 23.4 Å². The molecule has 126 valence electrons. The third kappa shape index (κ3) is 3.64. The number of benzene rings is 1. The van der Waals surface area contributed by atoms with E-state index in [1.165, 1.54) is 32.0 Å². The highest BCUT2D eigenvalue weighted by Crippen LogP contribution is 2.35. The fourth-order valence-electron chi connectivity index (χ4n) is 2.31. The molecular weight excluding hydrogens is 328 g/mol. The minimum Gasteiger partial charge on any atom is -0.420 e. The summed E-state index contributed by atoms with van der Waals surface area (Å²) in [4.78, 5) is 23.7. The Labute approximate surface area is 137 Å². The number of halogens is 2. The number of rotatable bonds is 5. The average Bonchev–Trinajstić information content (AvgIpc) is 2.46. The maximum absolute atomic E-state index is 14.7. The molecule has 0 radical (unpaired) electrons. The molecule has 0 aromatic heterocycles. The Morgan fingerprint density at radius 1 is 1.22 bits per heavy atom. The molecule has 1 atom stereocenters. The van der Waals surface area contributed by atoms with Gasteiger partial charge in [0.2, 0.25) is 0 Å². The first-order valence-corrected chi connectivity index (χ1v) is 7.44. The van der Waals surface area contributed by atoms with Crippen molar-refractivity contribution in [2.75, 3.05) is 0 Å². The van der Waals surface area contributed by atoms with Crippen molar-refractivity contribution in [2.24, 2.45) is 0 Å². The molecule has 23 heavy (non-hydrogen) atoms. The van der Waals surface area contributed by atoms with Gasteiger partial charge in [-0.3, -0.25) is 4.72 Å². The normalized spacial score (nSPS) is 20.6. The number of carbonyl (C=O) groups is 2. The largest absolute Gasteiger partial charge is 0.420 e. The summed E-state index contributed by atoms with van der Waals surface area (Å²) in [7, 11) is 0.